The van der Waals surface area contributed by atoms with Gasteiger partial charge in [0, 0.05) is 23.0 Å². The number of rotatable bonds is 4. The zero-order valence-electron chi connectivity index (χ0n) is 10.3. The number of nitrogens with two attached hydrogens (primary N) is 1. The second-order valence-corrected chi connectivity index (χ2v) is 4.35. The van der Waals surface area contributed by atoms with Crippen molar-refractivity contribution in [3.05, 3.63) is 53.8 Å². The first-order chi connectivity index (χ1) is 9.10. The van der Waals surface area contributed by atoms with Crippen LogP contribution in [0, 0.1) is 5.82 Å². The Hall–Kier alpha value is -2.14. The van der Waals surface area contributed by atoms with Crippen molar-refractivity contribution in [2.24, 2.45) is 5.73 Å². The van der Waals surface area contributed by atoms with E-state index >= 15 is 0 Å². The Labute approximate surface area is 116 Å². The molecule has 0 saturated heterocycles. The Morgan fingerprint density at radius 2 is 2.05 bits per heavy atom. The molecule has 0 heterocycles. The number of halogens is 1. The summed E-state index contributed by atoms with van der Waals surface area (Å²) in [6.07, 6.45) is 0. The third-order valence-electron chi connectivity index (χ3n) is 2.60. The quantitative estimate of drug-likeness (QED) is 0.842. The lowest BCUT2D eigenvalue weighted by Gasteiger charge is -2.12. The molecule has 0 bridgehead atoms. The van der Waals surface area contributed by atoms with E-state index in [4.69, 9.17) is 22.7 Å². The van der Waals surface area contributed by atoms with Crippen molar-refractivity contribution in [2.75, 3.05) is 12.4 Å². The van der Waals surface area contributed by atoms with Crippen LogP contribution in [0.5, 0.6) is 5.75 Å². The van der Waals surface area contributed by atoms with Crippen LogP contribution in [0.3, 0.4) is 0 Å². The molecule has 98 valence electrons. The van der Waals surface area contributed by atoms with E-state index in [1.807, 2.05) is 24.3 Å². The second-order valence-electron chi connectivity index (χ2n) is 3.91. The van der Waals surface area contributed by atoms with Gasteiger partial charge < -0.3 is 15.8 Å². The molecule has 0 radical (unpaired) electrons. The van der Waals surface area contributed by atoms with Gasteiger partial charge >= 0.3 is 0 Å². The average Bonchev–Trinajstić information content (AvgIpc) is 2.41. The summed E-state index contributed by atoms with van der Waals surface area (Å²) in [6, 6.07) is 11.6. The standard InChI is InChI=1S/C14H13FN2OS/c1-18-11-4-2-3-10(8-11)17-13-6-5-9(15)7-12(13)14(16)19/h2-8,17H,1H3,(H2,16,19). The molecule has 0 unspecified atom stereocenters. The molecule has 0 saturated carbocycles. The average molecular weight is 276 g/mol. The van der Waals surface area contributed by atoms with Crippen LogP contribution >= 0.6 is 12.2 Å². The van der Waals surface area contributed by atoms with Crippen LogP contribution in [0.2, 0.25) is 0 Å². The molecule has 2 rings (SSSR count). The third kappa shape index (κ3) is 3.20. The van der Waals surface area contributed by atoms with E-state index in [9.17, 15) is 4.39 Å². The molecule has 2 aromatic carbocycles. The van der Waals surface area contributed by atoms with Crippen molar-refractivity contribution >= 4 is 28.6 Å². The number of thiocarbonyl (C=S) groups is 1. The zero-order valence-corrected chi connectivity index (χ0v) is 11.1. The lowest BCUT2D eigenvalue weighted by atomic mass is 10.1. The maximum absolute atomic E-state index is 13.2. The van der Waals surface area contributed by atoms with Gasteiger partial charge in [0.2, 0.25) is 0 Å². The maximum atomic E-state index is 13.2. The summed E-state index contributed by atoms with van der Waals surface area (Å²) < 4.78 is 18.3. The first kappa shape index (κ1) is 13.3. The lowest BCUT2D eigenvalue weighted by Crippen LogP contribution is -2.12. The van der Waals surface area contributed by atoms with E-state index in [-0.39, 0.29) is 10.8 Å². The molecule has 0 aliphatic rings. The van der Waals surface area contributed by atoms with Crippen LogP contribution < -0.4 is 15.8 Å². The summed E-state index contributed by atoms with van der Waals surface area (Å²) in [5, 5.41) is 3.14. The molecule has 19 heavy (non-hydrogen) atoms. The largest absolute Gasteiger partial charge is 0.497 e. The number of benzene rings is 2. The summed E-state index contributed by atoms with van der Waals surface area (Å²) in [5.41, 5.74) is 7.53. The van der Waals surface area contributed by atoms with E-state index in [1.54, 1.807) is 13.2 Å². The van der Waals surface area contributed by atoms with Crippen molar-refractivity contribution in [3.63, 3.8) is 0 Å². The molecule has 3 N–H and O–H groups in total. The summed E-state index contributed by atoms with van der Waals surface area (Å²) in [7, 11) is 1.59. The Balaban J connectivity index is 2.34. The SMILES string of the molecule is COc1cccc(Nc2ccc(F)cc2C(N)=S)c1. The van der Waals surface area contributed by atoms with Crippen LogP contribution in [-0.2, 0) is 0 Å². The highest BCUT2D eigenvalue weighted by Gasteiger charge is 2.07. The summed E-state index contributed by atoms with van der Waals surface area (Å²) in [5.74, 6) is 0.350. The second kappa shape index (κ2) is 5.67. The van der Waals surface area contributed by atoms with Gasteiger partial charge in [0.1, 0.15) is 16.6 Å². The minimum Gasteiger partial charge on any atom is -0.497 e. The van der Waals surface area contributed by atoms with Crippen LogP contribution in [0.4, 0.5) is 15.8 Å². The predicted molar refractivity (Wildman–Crippen MR) is 78.6 cm³/mol. The van der Waals surface area contributed by atoms with Crippen LogP contribution in [0.25, 0.3) is 0 Å². The van der Waals surface area contributed by atoms with Crippen molar-refractivity contribution in [3.8, 4) is 5.75 Å². The normalized spacial score (nSPS) is 10.0. The molecule has 0 spiro atoms. The van der Waals surface area contributed by atoms with Crippen molar-refractivity contribution in [1.82, 2.24) is 0 Å². The fraction of sp³-hybridized carbons (Fsp3) is 0.0714. The molecular weight excluding hydrogens is 263 g/mol. The van der Waals surface area contributed by atoms with E-state index in [0.717, 1.165) is 11.4 Å². The van der Waals surface area contributed by atoms with E-state index in [0.29, 0.717) is 11.3 Å². The first-order valence-corrected chi connectivity index (χ1v) is 6.01. The molecule has 0 amide bonds. The highest BCUT2D eigenvalue weighted by atomic mass is 32.1. The van der Waals surface area contributed by atoms with Gasteiger partial charge in [0.05, 0.1) is 7.11 Å². The summed E-state index contributed by atoms with van der Waals surface area (Å²) >= 11 is 4.92. The molecular formula is C14H13FN2OS. The van der Waals surface area contributed by atoms with Gasteiger partial charge in [-0.05, 0) is 30.3 Å². The van der Waals surface area contributed by atoms with Crippen molar-refractivity contribution < 1.29 is 9.13 Å². The Kier molecular flexibility index (Phi) is 3.97. The number of ether oxygens (including phenoxy) is 1. The summed E-state index contributed by atoms with van der Waals surface area (Å²) in [6.45, 7) is 0. The number of methoxy groups -OCH3 is 1. The lowest BCUT2D eigenvalue weighted by molar-refractivity contribution is 0.415. The maximum Gasteiger partial charge on any atom is 0.124 e. The number of hydrogen-bond acceptors (Lipinski definition) is 3. The van der Waals surface area contributed by atoms with Crippen LogP contribution in [0.1, 0.15) is 5.56 Å². The molecule has 0 aliphatic heterocycles. The molecule has 3 nitrogen and oxygen atoms in total. The van der Waals surface area contributed by atoms with E-state index < -0.39 is 0 Å². The highest BCUT2D eigenvalue weighted by molar-refractivity contribution is 7.80. The molecule has 5 heteroatoms. The molecule has 0 aromatic heterocycles. The topological polar surface area (TPSA) is 47.3 Å². The summed E-state index contributed by atoms with van der Waals surface area (Å²) in [4.78, 5) is 0.143. The van der Waals surface area contributed by atoms with Gasteiger partial charge in [-0.3, -0.25) is 0 Å². The van der Waals surface area contributed by atoms with Gasteiger partial charge in [-0.15, -0.1) is 0 Å². The minimum absolute atomic E-state index is 0.143. The van der Waals surface area contributed by atoms with Crippen LogP contribution in [-0.4, -0.2) is 12.1 Å². The third-order valence-corrected chi connectivity index (χ3v) is 2.82. The Bertz CT molecular complexity index is 616. The van der Waals surface area contributed by atoms with Crippen molar-refractivity contribution in [2.45, 2.75) is 0 Å². The fourth-order valence-corrected chi connectivity index (χ4v) is 1.85. The smallest absolute Gasteiger partial charge is 0.124 e. The molecule has 0 fully saturated rings. The van der Waals surface area contributed by atoms with Gasteiger partial charge in [0.25, 0.3) is 0 Å². The molecule has 2 aromatic rings. The number of hydrogen-bond donors (Lipinski definition) is 2. The minimum atomic E-state index is -0.376. The van der Waals surface area contributed by atoms with Gasteiger partial charge in [-0.2, -0.15) is 0 Å². The highest BCUT2D eigenvalue weighted by Crippen LogP contribution is 2.24. The number of anilines is 2. The van der Waals surface area contributed by atoms with Gasteiger partial charge in [-0.25, -0.2) is 4.39 Å². The van der Waals surface area contributed by atoms with Crippen molar-refractivity contribution in [1.29, 1.82) is 0 Å². The predicted octanol–water partition coefficient (Wildman–Crippen LogP) is 3.21. The van der Waals surface area contributed by atoms with Gasteiger partial charge in [-0.1, -0.05) is 18.3 Å². The fourth-order valence-electron chi connectivity index (χ4n) is 1.69. The first-order valence-electron chi connectivity index (χ1n) is 5.60. The van der Waals surface area contributed by atoms with Crippen LogP contribution in [0.15, 0.2) is 42.5 Å². The Morgan fingerprint density at radius 3 is 2.74 bits per heavy atom. The number of nitrogens with one attached hydrogen (secondary N) is 1. The zero-order chi connectivity index (χ0) is 13.8. The van der Waals surface area contributed by atoms with E-state index in [1.165, 1.54) is 12.1 Å². The molecule has 0 atom stereocenters. The molecule has 0 aliphatic carbocycles. The van der Waals surface area contributed by atoms with Gasteiger partial charge in [0.15, 0.2) is 0 Å². The monoisotopic (exact) mass is 276 g/mol. The van der Waals surface area contributed by atoms with E-state index in [2.05, 4.69) is 5.32 Å². The Morgan fingerprint density at radius 1 is 1.26 bits per heavy atom.